The Labute approximate surface area is 167 Å². The van der Waals surface area contributed by atoms with E-state index in [1.807, 2.05) is 33.8 Å². The summed E-state index contributed by atoms with van der Waals surface area (Å²) in [5.41, 5.74) is 2.66. The lowest BCUT2D eigenvalue weighted by Crippen LogP contribution is -2.36. The molecule has 0 amide bonds. The maximum Gasteiger partial charge on any atom is 0.191 e. The average molecular weight is 386 g/mol. The van der Waals surface area contributed by atoms with Crippen LogP contribution in [-0.4, -0.2) is 30.8 Å². The van der Waals surface area contributed by atoms with E-state index in [0.717, 1.165) is 22.4 Å². The standard InChI is InChI=1S/C22H31N3O3/c1-15-7-8-16(20(11-15)28-22(2,3)4)13-24-21(23-5)25-14-17-12-18(27-6)9-10-19(17)26/h7-12,26H,13-14H2,1-6H3,(H2,23,24,25). The van der Waals surface area contributed by atoms with Gasteiger partial charge in [-0.3, -0.25) is 4.99 Å². The second-order valence-corrected chi connectivity index (χ2v) is 7.60. The summed E-state index contributed by atoms with van der Waals surface area (Å²) in [5, 5.41) is 16.5. The minimum atomic E-state index is -0.271. The van der Waals surface area contributed by atoms with Gasteiger partial charge in [0.1, 0.15) is 22.8 Å². The molecular weight excluding hydrogens is 354 g/mol. The molecule has 0 bridgehead atoms. The molecule has 6 nitrogen and oxygen atoms in total. The van der Waals surface area contributed by atoms with Crippen LogP contribution in [0.25, 0.3) is 0 Å². The Morgan fingerprint density at radius 3 is 2.32 bits per heavy atom. The van der Waals surface area contributed by atoms with Crippen molar-refractivity contribution in [2.45, 2.75) is 46.4 Å². The lowest BCUT2D eigenvalue weighted by atomic mass is 10.1. The third kappa shape index (κ3) is 6.37. The van der Waals surface area contributed by atoms with E-state index in [4.69, 9.17) is 9.47 Å². The second-order valence-electron chi connectivity index (χ2n) is 7.60. The summed E-state index contributed by atoms with van der Waals surface area (Å²) in [6.07, 6.45) is 0. The maximum atomic E-state index is 10.0. The van der Waals surface area contributed by atoms with Crippen molar-refractivity contribution in [2.24, 2.45) is 4.99 Å². The van der Waals surface area contributed by atoms with Gasteiger partial charge in [0.25, 0.3) is 0 Å². The van der Waals surface area contributed by atoms with Crippen molar-refractivity contribution in [1.82, 2.24) is 10.6 Å². The monoisotopic (exact) mass is 385 g/mol. The number of rotatable bonds is 6. The van der Waals surface area contributed by atoms with Crippen molar-refractivity contribution in [3.63, 3.8) is 0 Å². The minimum absolute atomic E-state index is 0.211. The number of phenolic OH excluding ortho intramolecular Hbond substituents is 1. The van der Waals surface area contributed by atoms with Crippen LogP contribution in [0, 0.1) is 6.92 Å². The molecule has 6 heteroatoms. The van der Waals surface area contributed by atoms with E-state index in [2.05, 4.69) is 27.8 Å². The van der Waals surface area contributed by atoms with Gasteiger partial charge in [0.15, 0.2) is 5.96 Å². The number of aliphatic imine (C=N–C) groups is 1. The number of nitrogens with zero attached hydrogens (tertiary/aromatic N) is 1. The third-order valence-electron chi connectivity index (χ3n) is 4.04. The fourth-order valence-electron chi connectivity index (χ4n) is 2.64. The molecule has 28 heavy (non-hydrogen) atoms. The summed E-state index contributed by atoms with van der Waals surface area (Å²) in [5.74, 6) is 2.40. The highest BCUT2D eigenvalue weighted by molar-refractivity contribution is 5.79. The summed E-state index contributed by atoms with van der Waals surface area (Å²) < 4.78 is 11.3. The van der Waals surface area contributed by atoms with Crippen LogP contribution in [0.3, 0.4) is 0 Å². The molecule has 2 aromatic carbocycles. The topological polar surface area (TPSA) is 75.1 Å². The van der Waals surface area contributed by atoms with Crippen molar-refractivity contribution >= 4 is 5.96 Å². The molecule has 2 rings (SSSR count). The summed E-state index contributed by atoms with van der Waals surface area (Å²) in [4.78, 5) is 4.25. The zero-order valence-electron chi connectivity index (χ0n) is 17.6. The van der Waals surface area contributed by atoms with Crippen molar-refractivity contribution < 1.29 is 14.6 Å². The molecule has 0 aliphatic heterocycles. The van der Waals surface area contributed by atoms with Gasteiger partial charge in [0.2, 0.25) is 0 Å². The average Bonchev–Trinajstić information content (AvgIpc) is 2.63. The Kier molecular flexibility index (Phi) is 7.15. The SMILES string of the molecule is CN=C(NCc1cc(OC)ccc1O)NCc1ccc(C)cc1OC(C)(C)C. The Morgan fingerprint density at radius 1 is 1.04 bits per heavy atom. The molecule has 0 aliphatic rings. The normalized spacial score (nSPS) is 11.9. The van der Waals surface area contributed by atoms with E-state index in [0.29, 0.717) is 24.8 Å². The zero-order valence-corrected chi connectivity index (χ0v) is 17.6. The molecule has 0 spiro atoms. The van der Waals surface area contributed by atoms with Gasteiger partial charge in [-0.25, -0.2) is 0 Å². The lowest BCUT2D eigenvalue weighted by Gasteiger charge is -2.24. The first-order chi connectivity index (χ1) is 13.2. The Balaban J connectivity index is 2.03. The summed E-state index contributed by atoms with van der Waals surface area (Å²) in [6.45, 7) is 9.14. The van der Waals surface area contributed by atoms with Crippen LogP contribution in [0.15, 0.2) is 41.4 Å². The predicted molar refractivity (Wildman–Crippen MR) is 113 cm³/mol. The first-order valence-corrected chi connectivity index (χ1v) is 9.31. The number of guanidine groups is 1. The second kappa shape index (κ2) is 9.35. The van der Waals surface area contributed by atoms with Crippen molar-refractivity contribution in [3.8, 4) is 17.2 Å². The highest BCUT2D eigenvalue weighted by Gasteiger charge is 2.15. The largest absolute Gasteiger partial charge is 0.508 e. The van der Waals surface area contributed by atoms with E-state index in [1.54, 1.807) is 32.4 Å². The van der Waals surface area contributed by atoms with E-state index < -0.39 is 0 Å². The Hall–Kier alpha value is -2.89. The number of phenols is 1. The first-order valence-electron chi connectivity index (χ1n) is 9.31. The molecule has 0 unspecified atom stereocenters. The molecule has 0 radical (unpaired) electrons. The number of hydrogen-bond acceptors (Lipinski definition) is 4. The van der Waals surface area contributed by atoms with E-state index in [9.17, 15) is 5.11 Å². The van der Waals surface area contributed by atoms with Gasteiger partial charge in [0, 0.05) is 31.3 Å². The van der Waals surface area contributed by atoms with Crippen LogP contribution in [0.2, 0.25) is 0 Å². The van der Waals surface area contributed by atoms with Crippen LogP contribution >= 0.6 is 0 Å². The Bertz CT molecular complexity index is 826. The van der Waals surface area contributed by atoms with Crippen molar-refractivity contribution in [3.05, 3.63) is 53.1 Å². The molecule has 0 saturated heterocycles. The molecule has 0 atom stereocenters. The van der Waals surface area contributed by atoms with Crippen LogP contribution in [0.4, 0.5) is 0 Å². The molecule has 2 aromatic rings. The van der Waals surface area contributed by atoms with Gasteiger partial charge in [-0.05, 0) is 57.5 Å². The highest BCUT2D eigenvalue weighted by Crippen LogP contribution is 2.25. The number of aryl methyl sites for hydroxylation is 1. The zero-order chi connectivity index (χ0) is 20.7. The van der Waals surface area contributed by atoms with Gasteiger partial charge in [-0.2, -0.15) is 0 Å². The van der Waals surface area contributed by atoms with Gasteiger partial charge < -0.3 is 25.2 Å². The molecule has 0 aromatic heterocycles. The molecule has 152 valence electrons. The summed E-state index contributed by atoms with van der Waals surface area (Å²) in [7, 11) is 3.31. The van der Waals surface area contributed by atoms with Crippen LogP contribution in [0.1, 0.15) is 37.5 Å². The highest BCUT2D eigenvalue weighted by atomic mass is 16.5. The van der Waals surface area contributed by atoms with Gasteiger partial charge in [-0.15, -0.1) is 0 Å². The number of hydrogen-bond donors (Lipinski definition) is 3. The number of ether oxygens (including phenoxy) is 2. The predicted octanol–water partition coefficient (Wildman–Crippen LogP) is 3.75. The summed E-state index contributed by atoms with van der Waals surface area (Å²) in [6, 6.07) is 11.3. The van der Waals surface area contributed by atoms with E-state index in [1.165, 1.54) is 0 Å². The van der Waals surface area contributed by atoms with Crippen molar-refractivity contribution in [2.75, 3.05) is 14.2 Å². The first kappa shape index (κ1) is 21.4. The summed E-state index contributed by atoms with van der Waals surface area (Å²) >= 11 is 0. The van der Waals surface area contributed by atoms with E-state index in [-0.39, 0.29) is 11.4 Å². The minimum Gasteiger partial charge on any atom is -0.508 e. The smallest absolute Gasteiger partial charge is 0.191 e. The molecule has 0 saturated carbocycles. The van der Waals surface area contributed by atoms with Crippen molar-refractivity contribution in [1.29, 1.82) is 0 Å². The fraction of sp³-hybridized carbons (Fsp3) is 0.409. The lowest BCUT2D eigenvalue weighted by molar-refractivity contribution is 0.129. The van der Waals surface area contributed by atoms with Gasteiger partial charge in [-0.1, -0.05) is 12.1 Å². The fourth-order valence-corrected chi connectivity index (χ4v) is 2.64. The molecule has 0 fully saturated rings. The molecular formula is C22H31N3O3. The molecule has 3 N–H and O–H groups in total. The van der Waals surface area contributed by atoms with Crippen LogP contribution in [-0.2, 0) is 13.1 Å². The third-order valence-corrected chi connectivity index (χ3v) is 4.04. The maximum absolute atomic E-state index is 10.0. The van der Waals surface area contributed by atoms with Gasteiger partial charge in [0.05, 0.1) is 7.11 Å². The van der Waals surface area contributed by atoms with Crippen LogP contribution in [0.5, 0.6) is 17.2 Å². The number of aromatic hydroxyl groups is 1. The Morgan fingerprint density at radius 2 is 1.71 bits per heavy atom. The quantitative estimate of drug-likeness (QED) is 0.522. The van der Waals surface area contributed by atoms with E-state index >= 15 is 0 Å². The number of benzene rings is 2. The number of nitrogens with one attached hydrogen (secondary N) is 2. The van der Waals surface area contributed by atoms with Gasteiger partial charge >= 0.3 is 0 Å². The molecule has 0 heterocycles. The van der Waals surface area contributed by atoms with Crippen LogP contribution < -0.4 is 20.1 Å². The number of methoxy groups -OCH3 is 1. The molecule has 0 aliphatic carbocycles.